The molecule has 0 atom stereocenters. The van der Waals surface area contributed by atoms with Gasteiger partial charge in [0.1, 0.15) is 0 Å². The Morgan fingerprint density at radius 1 is 1.15 bits per heavy atom. The zero-order valence-electron chi connectivity index (χ0n) is 8.63. The first-order chi connectivity index (χ1) is 6.36. The summed E-state index contributed by atoms with van der Waals surface area (Å²) >= 11 is 0. The second-order valence-electron chi connectivity index (χ2n) is 4.67. The summed E-state index contributed by atoms with van der Waals surface area (Å²) in [7, 11) is 0. The highest BCUT2D eigenvalue weighted by molar-refractivity contribution is 5.20. The molecule has 0 aliphatic heterocycles. The molecule has 0 heteroatoms. The summed E-state index contributed by atoms with van der Waals surface area (Å²) in [6.45, 7) is 2.39. The summed E-state index contributed by atoms with van der Waals surface area (Å²) in [5, 5.41) is 0. The van der Waals surface area contributed by atoms with Gasteiger partial charge < -0.3 is 0 Å². The lowest BCUT2D eigenvalue weighted by atomic mass is 9.77. The molecule has 0 saturated heterocycles. The third-order valence-electron chi connectivity index (χ3n) is 3.59. The maximum atomic E-state index is 2.39. The Labute approximate surface area is 81.7 Å². The van der Waals surface area contributed by atoms with Gasteiger partial charge in [0.2, 0.25) is 0 Å². The van der Waals surface area contributed by atoms with E-state index in [1.54, 1.807) is 5.57 Å². The van der Waals surface area contributed by atoms with Crippen LogP contribution < -0.4 is 0 Å². The Hall–Kier alpha value is -0.520. The summed E-state index contributed by atoms with van der Waals surface area (Å²) in [5.41, 5.74) is 1.73. The van der Waals surface area contributed by atoms with Crippen molar-refractivity contribution in [2.24, 2.45) is 11.8 Å². The van der Waals surface area contributed by atoms with Gasteiger partial charge in [-0.1, -0.05) is 43.6 Å². The van der Waals surface area contributed by atoms with Crippen LogP contribution in [0.25, 0.3) is 0 Å². The summed E-state index contributed by atoms with van der Waals surface area (Å²) in [6.07, 6.45) is 15.3. The van der Waals surface area contributed by atoms with Crippen molar-refractivity contribution in [3.05, 3.63) is 23.8 Å². The molecule has 2 aliphatic carbocycles. The maximum Gasteiger partial charge on any atom is -0.0200 e. The van der Waals surface area contributed by atoms with Crippen molar-refractivity contribution in [1.82, 2.24) is 0 Å². The molecule has 0 unspecified atom stereocenters. The molecule has 0 spiro atoms. The summed E-state index contributed by atoms with van der Waals surface area (Å²) < 4.78 is 0. The first-order valence-electron chi connectivity index (χ1n) is 5.72. The number of hydrogen-bond acceptors (Lipinski definition) is 0. The molecule has 0 N–H and O–H groups in total. The Balaban J connectivity index is 1.93. The largest absolute Gasteiger partial charge is 0.0842 e. The monoisotopic (exact) mass is 176 g/mol. The van der Waals surface area contributed by atoms with Crippen LogP contribution in [0.5, 0.6) is 0 Å². The maximum absolute atomic E-state index is 2.39. The summed E-state index contributed by atoms with van der Waals surface area (Å²) in [6, 6.07) is 0. The highest BCUT2D eigenvalue weighted by atomic mass is 14.3. The van der Waals surface area contributed by atoms with Crippen LogP contribution in [0.3, 0.4) is 0 Å². The van der Waals surface area contributed by atoms with Gasteiger partial charge in [-0.2, -0.15) is 0 Å². The molecule has 0 amide bonds. The van der Waals surface area contributed by atoms with Crippen LogP contribution in [0.15, 0.2) is 23.8 Å². The van der Waals surface area contributed by atoms with Crippen LogP contribution in [0.2, 0.25) is 0 Å². The minimum Gasteiger partial charge on any atom is -0.0842 e. The van der Waals surface area contributed by atoms with Crippen molar-refractivity contribution in [2.45, 2.75) is 45.4 Å². The number of hydrogen-bond donors (Lipinski definition) is 0. The molecule has 0 aromatic carbocycles. The average molecular weight is 176 g/mol. The normalized spacial score (nSPS) is 34.4. The fourth-order valence-corrected chi connectivity index (χ4v) is 2.59. The van der Waals surface area contributed by atoms with Crippen molar-refractivity contribution >= 4 is 0 Å². The van der Waals surface area contributed by atoms with Gasteiger partial charge in [0, 0.05) is 0 Å². The molecular formula is C13H20. The molecule has 72 valence electrons. The van der Waals surface area contributed by atoms with E-state index in [4.69, 9.17) is 0 Å². The molecular weight excluding hydrogens is 156 g/mol. The second-order valence-corrected chi connectivity index (χ2v) is 4.67. The Morgan fingerprint density at radius 3 is 2.54 bits per heavy atom. The summed E-state index contributed by atoms with van der Waals surface area (Å²) in [5.74, 6) is 1.91. The molecule has 0 nitrogen and oxygen atoms in total. The van der Waals surface area contributed by atoms with Crippen LogP contribution in [0.1, 0.15) is 45.4 Å². The zero-order valence-corrected chi connectivity index (χ0v) is 8.63. The smallest absolute Gasteiger partial charge is 0.0200 e. The van der Waals surface area contributed by atoms with Gasteiger partial charge >= 0.3 is 0 Å². The van der Waals surface area contributed by atoms with Crippen LogP contribution in [0.4, 0.5) is 0 Å². The SMILES string of the molecule is CC1CCC(C2=CC=CCC2)CC1. The van der Waals surface area contributed by atoms with Gasteiger partial charge in [0.15, 0.2) is 0 Å². The van der Waals surface area contributed by atoms with E-state index in [1.807, 2.05) is 0 Å². The molecule has 0 aromatic rings. The highest BCUT2D eigenvalue weighted by Crippen LogP contribution is 2.35. The van der Waals surface area contributed by atoms with Crippen molar-refractivity contribution in [3.8, 4) is 0 Å². The van der Waals surface area contributed by atoms with E-state index >= 15 is 0 Å². The molecule has 13 heavy (non-hydrogen) atoms. The van der Waals surface area contributed by atoms with Gasteiger partial charge in [0.05, 0.1) is 0 Å². The first-order valence-corrected chi connectivity index (χ1v) is 5.72. The molecule has 0 heterocycles. The molecule has 0 bridgehead atoms. The molecule has 0 aromatic heterocycles. The fourth-order valence-electron chi connectivity index (χ4n) is 2.59. The van der Waals surface area contributed by atoms with Gasteiger partial charge in [-0.05, 0) is 37.5 Å². The minimum absolute atomic E-state index is 0.932. The third kappa shape index (κ3) is 2.24. The van der Waals surface area contributed by atoms with Gasteiger partial charge in [0.25, 0.3) is 0 Å². The highest BCUT2D eigenvalue weighted by Gasteiger charge is 2.21. The van der Waals surface area contributed by atoms with Gasteiger partial charge in [-0.15, -0.1) is 0 Å². The molecule has 2 rings (SSSR count). The lowest BCUT2D eigenvalue weighted by Crippen LogP contribution is -2.14. The van der Waals surface area contributed by atoms with Crippen molar-refractivity contribution in [1.29, 1.82) is 0 Å². The van der Waals surface area contributed by atoms with E-state index in [0.29, 0.717) is 0 Å². The second kappa shape index (κ2) is 4.13. The predicted molar refractivity (Wildman–Crippen MR) is 57.6 cm³/mol. The van der Waals surface area contributed by atoms with E-state index in [0.717, 1.165) is 11.8 Å². The number of allylic oxidation sites excluding steroid dienone is 4. The van der Waals surface area contributed by atoms with Crippen molar-refractivity contribution in [3.63, 3.8) is 0 Å². The molecule has 0 radical (unpaired) electrons. The predicted octanol–water partition coefficient (Wildman–Crippen LogP) is 4.09. The van der Waals surface area contributed by atoms with E-state index < -0.39 is 0 Å². The lowest BCUT2D eigenvalue weighted by molar-refractivity contribution is 0.315. The number of rotatable bonds is 1. The minimum atomic E-state index is 0.932. The van der Waals surface area contributed by atoms with E-state index in [9.17, 15) is 0 Å². The Kier molecular flexibility index (Phi) is 2.87. The third-order valence-corrected chi connectivity index (χ3v) is 3.59. The van der Waals surface area contributed by atoms with E-state index in [-0.39, 0.29) is 0 Å². The quantitative estimate of drug-likeness (QED) is 0.564. The van der Waals surface area contributed by atoms with Crippen molar-refractivity contribution < 1.29 is 0 Å². The van der Waals surface area contributed by atoms with Gasteiger partial charge in [-0.3, -0.25) is 0 Å². The van der Waals surface area contributed by atoms with E-state index in [2.05, 4.69) is 25.2 Å². The first kappa shape index (κ1) is 9.05. The van der Waals surface area contributed by atoms with E-state index in [1.165, 1.54) is 38.5 Å². The average Bonchev–Trinajstić information content (AvgIpc) is 2.20. The zero-order chi connectivity index (χ0) is 9.10. The topological polar surface area (TPSA) is 0 Å². The molecule has 1 saturated carbocycles. The van der Waals surface area contributed by atoms with Crippen LogP contribution in [-0.2, 0) is 0 Å². The standard InChI is InChI=1S/C13H20/c1-11-7-9-13(10-8-11)12-5-3-2-4-6-12/h2-3,5,11,13H,4,6-10H2,1H3. The molecule has 1 fully saturated rings. The van der Waals surface area contributed by atoms with Crippen molar-refractivity contribution in [2.75, 3.05) is 0 Å². The fraction of sp³-hybridized carbons (Fsp3) is 0.692. The molecule has 2 aliphatic rings. The van der Waals surface area contributed by atoms with Crippen LogP contribution in [-0.4, -0.2) is 0 Å². The summed E-state index contributed by atoms with van der Waals surface area (Å²) in [4.78, 5) is 0. The van der Waals surface area contributed by atoms with Crippen LogP contribution >= 0.6 is 0 Å². The van der Waals surface area contributed by atoms with Gasteiger partial charge in [-0.25, -0.2) is 0 Å². The Bertz CT molecular complexity index is 214. The Morgan fingerprint density at radius 2 is 1.92 bits per heavy atom. The van der Waals surface area contributed by atoms with Crippen LogP contribution in [0, 0.1) is 11.8 Å². The lowest BCUT2D eigenvalue weighted by Gasteiger charge is -2.28.